The number of benzene rings is 1. The van der Waals surface area contributed by atoms with Gasteiger partial charge in [-0.05, 0) is 82.3 Å². The second-order valence-electron chi connectivity index (χ2n) is 6.42. The lowest BCUT2D eigenvalue weighted by Gasteiger charge is -2.32. The van der Waals surface area contributed by atoms with Gasteiger partial charge >= 0.3 is 0 Å². The molecule has 1 aliphatic rings. The van der Waals surface area contributed by atoms with Gasteiger partial charge in [-0.1, -0.05) is 0 Å². The Morgan fingerprint density at radius 3 is 1.68 bits per heavy atom. The Labute approximate surface area is 135 Å². The van der Waals surface area contributed by atoms with Crippen LogP contribution in [0.15, 0.2) is 4.90 Å². The summed E-state index contributed by atoms with van der Waals surface area (Å²) in [7, 11) is -1.47. The van der Waals surface area contributed by atoms with E-state index in [1.165, 1.54) is 5.56 Å². The minimum atomic E-state index is -3.41. The second kappa shape index (κ2) is 6.30. The van der Waals surface area contributed by atoms with E-state index in [2.05, 4.69) is 12.2 Å². The monoisotopic (exact) mass is 324 g/mol. The van der Waals surface area contributed by atoms with Crippen molar-refractivity contribution < 1.29 is 8.42 Å². The molecule has 22 heavy (non-hydrogen) atoms. The first kappa shape index (κ1) is 17.4. The van der Waals surface area contributed by atoms with Crippen molar-refractivity contribution in [2.24, 2.45) is 0 Å². The third-order valence-corrected chi connectivity index (χ3v) is 7.56. The van der Waals surface area contributed by atoms with Crippen LogP contribution in [0.25, 0.3) is 0 Å². The molecule has 1 aliphatic heterocycles. The molecule has 4 nitrogen and oxygen atoms in total. The van der Waals surface area contributed by atoms with Crippen molar-refractivity contribution in [3.63, 3.8) is 0 Å². The maximum absolute atomic E-state index is 13.1. The molecular weight excluding hydrogens is 296 g/mol. The Bertz CT molecular complexity index is 643. The first-order chi connectivity index (χ1) is 10.2. The van der Waals surface area contributed by atoms with Gasteiger partial charge in [0.1, 0.15) is 0 Å². The van der Waals surface area contributed by atoms with Gasteiger partial charge in [0.05, 0.1) is 4.90 Å². The molecule has 0 aromatic heterocycles. The first-order valence-corrected chi connectivity index (χ1v) is 9.40. The Hall–Kier alpha value is -0.910. The van der Waals surface area contributed by atoms with E-state index in [0.717, 1.165) is 35.1 Å². The normalized spacial score (nSPS) is 17.9. The highest BCUT2D eigenvalue weighted by Gasteiger charge is 2.32. The lowest BCUT2D eigenvalue weighted by molar-refractivity contribution is 0.298. The molecule has 5 heteroatoms. The van der Waals surface area contributed by atoms with Crippen LogP contribution in [0.5, 0.6) is 0 Å². The standard InChI is InChI=1S/C17H28N2O2S/c1-11-12(2)14(4)17(15(5)13(11)3)22(20,21)19-9-7-16(18-6)8-10-19/h16,18H,7-10H2,1-6H3. The van der Waals surface area contributed by atoms with E-state index >= 15 is 0 Å². The molecule has 0 amide bonds. The first-order valence-electron chi connectivity index (χ1n) is 7.96. The molecule has 0 saturated carbocycles. The molecule has 1 heterocycles. The lowest BCUT2D eigenvalue weighted by atomic mass is 9.95. The average Bonchev–Trinajstić information content (AvgIpc) is 2.51. The fraction of sp³-hybridized carbons (Fsp3) is 0.647. The van der Waals surface area contributed by atoms with Gasteiger partial charge in [0.2, 0.25) is 10.0 Å². The van der Waals surface area contributed by atoms with Gasteiger partial charge in [0.25, 0.3) is 0 Å². The molecule has 0 unspecified atom stereocenters. The predicted octanol–water partition coefficient (Wildman–Crippen LogP) is 2.60. The fourth-order valence-corrected chi connectivity index (χ4v) is 5.40. The number of nitrogens with one attached hydrogen (secondary N) is 1. The Morgan fingerprint density at radius 2 is 1.27 bits per heavy atom. The third kappa shape index (κ3) is 2.82. The van der Waals surface area contributed by atoms with Gasteiger partial charge in [0, 0.05) is 19.1 Å². The molecule has 0 radical (unpaired) electrons. The van der Waals surface area contributed by atoms with Crippen molar-refractivity contribution >= 4 is 10.0 Å². The average molecular weight is 324 g/mol. The van der Waals surface area contributed by atoms with Crippen LogP contribution < -0.4 is 5.32 Å². The number of nitrogens with zero attached hydrogens (tertiary/aromatic N) is 1. The van der Waals surface area contributed by atoms with Crippen LogP contribution in [0.4, 0.5) is 0 Å². The van der Waals surface area contributed by atoms with E-state index in [1.807, 2.05) is 34.7 Å². The molecule has 1 N–H and O–H groups in total. The Kier molecular flexibility index (Phi) is 5.00. The molecule has 0 atom stereocenters. The zero-order valence-corrected chi connectivity index (χ0v) is 15.4. The van der Waals surface area contributed by atoms with Gasteiger partial charge in [-0.3, -0.25) is 0 Å². The van der Waals surface area contributed by atoms with E-state index in [-0.39, 0.29) is 0 Å². The van der Waals surface area contributed by atoms with Crippen molar-refractivity contribution in [1.29, 1.82) is 0 Å². The molecular formula is C17H28N2O2S. The summed E-state index contributed by atoms with van der Waals surface area (Å²) in [6, 6.07) is 0.426. The lowest BCUT2D eigenvalue weighted by Crippen LogP contribution is -2.44. The zero-order chi connectivity index (χ0) is 16.7. The fourth-order valence-electron chi connectivity index (χ4n) is 3.37. The minimum Gasteiger partial charge on any atom is -0.317 e. The quantitative estimate of drug-likeness (QED) is 0.930. The van der Waals surface area contributed by atoms with Crippen molar-refractivity contribution in [1.82, 2.24) is 9.62 Å². The van der Waals surface area contributed by atoms with Gasteiger partial charge in [-0.2, -0.15) is 4.31 Å². The summed E-state index contributed by atoms with van der Waals surface area (Å²) < 4.78 is 27.9. The minimum absolute atomic E-state index is 0.426. The number of sulfonamides is 1. The molecule has 0 aliphatic carbocycles. The number of piperidine rings is 1. The van der Waals surface area contributed by atoms with E-state index < -0.39 is 10.0 Å². The van der Waals surface area contributed by atoms with E-state index in [1.54, 1.807) is 4.31 Å². The third-order valence-electron chi connectivity index (χ3n) is 5.39. The molecule has 0 bridgehead atoms. The van der Waals surface area contributed by atoms with Gasteiger partial charge in [-0.15, -0.1) is 0 Å². The van der Waals surface area contributed by atoms with Crippen LogP contribution in [0.3, 0.4) is 0 Å². The highest BCUT2D eigenvalue weighted by Crippen LogP contribution is 2.32. The Balaban J connectivity index is 2.47. The van der Waals surface area contributed by atoms with Gasteiger partial charge in [0.15, 0.2) is 0 Å². The molecule has 2 rings (SSSR count). The molecule has 124 valence electrons. The Morgan fingerprint density at radius 1 is 0.864 bits per heavy atom. The van der Waals surface area contributed by atoms with E-state index in [4.69, 9.17) is 0 Å². The van der Waals surface area contributed by atoms with Crippen molar-refractivity contribution in [3.05, 3.63) is 27.8 Å². The van der Waals surface area contributed by atoms with Crippen molar-refractivity contribution in [2.75, 3.05) is 20.1 Å². The number of hydrogen-bond donors (Lipinski definition) is 1. The van der Waals surface area contributed by atoms with Crippen LogP contribution in [0.2, 0.25) is 0 Å². The van der Waals surface area contributed by atoms with Crippen LogP contribution >= 0.6 is 0 Å². The summed E-state index contributed by atoms with van der Waals surface area (Å²) in [5.74, 6) is 0. The summed E-state index contributed by atoms with van der Waals surface area (Å²) in [6.07, 6.45) is 1.75. The van der Waals surface area contributed by atoms with Gasteiger partial charge in [-0.25, -0.2) is 8.42 Å². The molecule has 1 fully saturated rings. The van der Waals surface area contributed by atoms with Crippen molar-refractivity contribution in [2.45, 2.75) is 58.4 Å². The zero-order valence-electron chi connectivity index (χ0n) is 14.6. The summed E-state index contributed by atoms with van der Waals surface area (Å²) in [4.78, 5) is 0.524. The number of rotatable bonds is 3. The second-order valence-corrected chi connectivity index (χ2v) is 8.30. The van der Waals surface area contributed by atoms with Crippen molar-refractivity contribution in [3.8, 4) is 0 Å². The summed E-state index contributed by atoms with van der Waals surface area (Å²) in [5.41, 5.74) is 5.18. The summed E-state index contributed by atoms with van der Waals surface area (Å²) in [6.45, 7) is 11.2. The molecule has 0 spiro atoms. The summed E-state index contributed by atoms with van der Waals surface area (Å²) >= 11 is 0. The SMILES string of the molecule is CNC1CCN(S(=O)(=O)c2c(C)c(C)c(C)c(C)c2C)CC1. The van der Waals surface area contributed by atoms with Crippen LogP contribution in [0, 0.1) is 34.6 Å². The maximum atomic E-state index is 13.1. The molecule has 1 aromatic rings. The number of hydrogen-bond acceptors (Lipinski definition) is 3. The van der Waals surface area contributed by atoms with E-state index in [0.29, 0.717) is 24.0 Å². The topological polar surface area (TPSA) is 49.4 Å². The highest BCUT2D eigenvalue weighted by atomic mass is 32.2. The van der Waals surface area contributed by atoms with Crippen LogP contribution in [-0.4, -0.2) is 38.9 Å². The predicted molar refractivity (Wildman–Crippen MR) is 91.0 cm³/mol. The maximum Gasteiger partial charge on any atom is 0.243 e. The van der Waals surface area contributed by atoms with Gasteiger partial charge < -0.3 is 5.32 Å². The molecule has 1 aromatic carbocycles. The van der Waals surface area contributed by atoms with Crippen LogP contribution in [-0.2, 0) is 10.0 Å². The molecule has 1 saturated heterocycles. The van der Waals surface area contributed by atoms with Crippen LogP contribution in [0.1, 0.15) is 40.7 Å². The summed E-state index contributed by atoms with van der Waals surface area (Å²) in [5, 5.41) is 3.24. The van der Waals surface area contributed by atoms with E-state index in [9.17, 15) is 8.42 Å². The largest absolute Gasteiger partial charge is 0.317 e. The highest BCUT2D eigenvalue weighted by molar-refractivity contribution is 7.89. The smallest absolute Gasteiger partial charge is 0.243 e.